The fourth-order valence-electron chi connectivity index (χ4n) is 2.22. The van der Waals surface area contributed by atoms with Crippen LogP contribution in [0.15, 0.2) is 0 Å². The Morgan fingerprint density at radius 2 is 1.00 bits per heavy atom. The van der Waals surface area contributed by atoms with Gasteiger partial charge in [-0.2, -0.15) is 12.6 Å². The molecule has 0 fully saturated rings. The number of nitrogens with zero attached hydrogens (tertiary/aromatic N) is 2. The maximum absolute atomic E-state index is 4.55. The van der Waals surface area contributed by atoms with E-state index in [2.05, 4.69) is 70.9 Å². The molecule has 0 aromatic heterocycles. The Kier molecular flexibility index (Phi) is 7.70. The molecule has 0 aromatic carbocycles. The molecule has 0 aromatic rings. The van der Waals surface area contributed by atoms with E-state index in [4.69, 9.17) is 0 Å². The fraction of sp³-hybridized carbons (Fsp3) is 1.00. The first kappa shape index (κ1) is 16.3. The van der Waals surface area contributed by atoms with Gasteiger partial charge in [-0.15, -0.1) is 0 Å². The van der Waals surface area contributed by atoms with Crippen LogP contribution in [0.2, 0.25) is 0 Å². The zero-order valence-electron chi connectivity index (χ0n) is 12.1. The second kappa shape index (κ2) is 7.57. The average molecular weight is 246 g/mol. The maximum Gasteiger partial charge on any atom is 0.0502 e. The summed E-state index contributed by atoms with van der Waals surface area (Å²) >= 11 is 4.55. The van der Waals surface area contributed by atoms with Crippen molar-refractivity contribution in [2.45, 2.75) is 72.0 Å². The molecule has 0 N–H and O–H groups in total. The zero-order chi connectivity index (χ0) is 12.9. The average Bonchev–Trinajstić information content (AvgIpc) is 2.09. The summed E-state index contributed by atoms with van der Waals surface area (Å²) in [6, 6.07) is 1.79. The minimum atomic E-state index is 0.334. The lowest BCUT2D eigenvalue weighted by atomic mass is 10.2. The lowest BCUT2D eigenvalue weighted by Crippen LogP contribution is -2.45. The van der Waals surface area contributed by atoms with Crippen molar-refractivity contribution in [1.29, 1.82) is 0 Å². The summed E-state index contributed by atoms with van der Waals surface area (Å²) in [6.45, 7) is 17.9. The molecule has 3 heteroatoms. The van der Waals surface area contributed by atoms with Crippen LogP contribution in [0.4, 0.5) is 0 Å². The van der Waals surface area contributed by atoms with Gasteiger partial charge in [-0.1, -0.05) is 0 Å². The molecule has 0 saturated heterocycles. The van der Waals surface area contributed by atoms with Gasteiger partial charge in [0.05, 0.1) is 5.37 Å². The summed E-state index contributed by atoms with van der Waals surface area (Å²) in [6.07, 6.45) is 0. The van der Waals surface area contributed by atoms with Crippen LogP contribution in [0.5, 0.6) is 0 Å². The van der Waals surface area contributed by atoms with Gasteiger partial charge < -0.3 is 0 Å². The van der Waals surface area contributed by atoms with E-state index in [-0.39, 0.29) is 0 Å². The van der Waals surface area contributed by atoms with Crippen LogP contribution >= 0.6 is 12.6 Å². The van der Waals surface area contributed by atoms with Crippen molar-refractivity contribution in [2.24, 2.45) is 0 Å². The van der Waals surface area contributed by atoms with E-state index in [9.17, 15) is 0 Å². The van der Waals surface area contributed by atoms with Gasteiger partial charge in [0.1, 0.15) is 0 Å². The quantitative estimate of drug-likeness (QED) is 0.545. The van der Waals surface area contributed by atoms with Crippen molar-refractivity contribution in [3.8, 4) is 0 Å². The Morgan fingerprint density at radius 1 is 0.688 bits per heavy atom. The molecule has 0 saturated carbocycles. The van der Waals surface area contributed by atoms with Crippen LogP contribution < -0.4 is 0 Å². The Morgan fingerprint density at radius 3 is 1.25 bits per heavy atom. The van der Waals surface area contributed by atoms with Crippen LogP contribution in [0.1, 0.15) is 48.5 Å². The van der Waals surface area contributed by atoms with Gasteiger partial charge in [-0.25, -0.2) is 0 Å². The number of thiol groups is 1. The van der Waals surface area contributed by atoms with Crippen molar-refractivity contribution in [3.63, 3.8) is 0 Å². The molecule has 0 rings (SSSR count). The summed E-state index contributed by atoms with van der Waals surface area (Å²) in [7, 11) is 0. The lowest BCUT2D eigenvalue weighted by molar-refractivity contribution is 0.127. The summed E-state index contributed by atoms with van der Waals surface area (Å²) in [5, 5.41) is 0.334. The number of rotatable bonds is 7. The predicted octanol–water partition coefficient (Wildman–Crippen LogP) is 3.09. The summed E-state index contributed by atoms with van der Waals surface area (Å²) in [4.78, 5) is 4.96. The zero-order valence-corrected chi connectivity index (χ0v) is 13.0. The number of hydrogen-bond donors (Lipinski definition) is 1. The highest BCUT2D eigenvalue weighted by molar-refractivity contribution is 7.80. The molecule has 0 spiro atoms. The minimum Gasteiger partial charge on any atom is -0.297 e. The third-order valence-electron chi connectivity index (χ3n) is 3.09. The first-order valence-corrected chi connectivity index (χ1v) is 6.98. The monoisotopic (exact) mass is 246 g/mol. The van der Waals surface area contributed by atoms with E-state index in [1.807, 2.05) is 0 Å². The van der Waals surface area contributed by atoms with Gasteiger partial charge in [0, 0.05) is 31.2 Å². The van der Waals surface area contributed by atoms with Crippen molar-refractivity contribution in [3.05, 3.63) is 0 Å². The molecule has 0 unspecified atom stereocenters. The van der Waals surface area contributed by atoms with Gasteiger partial charge in [0.15, 0.2) is 0 Å². The Bertz CT molecular complexity index is 143. The normalized spacial score (nSPS) is 14.8. The number of hydrogen-bond acceptors (Lipinski definition) is 3. The highest BCUT2D eigenvalue weighted by atomic mass is 32.1. The van der Waals surface area contributed by atoms with Gasteiger partial charge in [-0.05, 0) is 48.5 Å². The van der Waals surface area contributed by atoms with Crippen molar-refractivity contribution in [1.82, 2.24) is 9.80 Å². The van der Waals surface area contributed by atoms with E-state index < -0.39 is 0 Å². The largest absolute Gasteiger partial charge is 0.297 e. The van der Waals surface area contributed by atoms with Crippen LogP contribution in [-0.4, -0.2) is 46.4 Å². The molecule has 0 radical (unpaired) electrons. The molecule has 0 aliphatic rings. The first-order valence-electron chi connectivity index (χ1n) is 6.46. The molecule has 0 amide bonds. The van der Waals surface area contributed by atoms with Gasteiger partial charge in [0.25, 0.3) is 0 Å². The maximum atomic E-state index is 4.55. The highest BCUT2D eigenvalue weighted by Gasteiger charge is 2.18. The summed E-state index contributed by atoms with van der Waals surface area (Å²) in [5.74, 6) is 0. The second-order valence-corrected chi connectivity index (χ2v) is 6.14. The molecule has 0 aliphatic carbocycles. The van der Waals surface area contributed by atoms with Crippen molar-refractivity contribution < 1.29 is 0 Å². The van der Waals surface area contributed by atoms with Gasteiger partial charge >= 0.3 is 0 Å². The van der Waals surface area contributed by atoms with E-state index >= 15 is 0 Å². The molecule has 98 valence electrons. The molecule has 1 atom stereocenters. The highest BCUT2D eigenvalue weighted by Crippen LogP contribution is 2.11. The van der Waals surface area contributed by atoms with Crippen LogP contribution in [-0.2, 0) is 0 Å². The van der Waals surface area contributed by atoms with Crippen molar-refractivity contribution >= 4 is 12.6 Å². The first-order chi connectivity index (χ1) is 7.27. The van der Waals surface area contributed by atoms with E-state index in [0.29, 0.717) is 23.5 Å². The topological polar surface area (TPSA) is 6.48 Å². The Labute approximate surface area is 108 Å². The minimum absolute atomic E-state index is 0.334. The molecule has 2 nitrogen and oxygen atoms in total. The third kappa shape index (κ3) is 5.55. The molecule has 0 bridgehead atoms. The van der Waals surface area contributed by atoms with Crippen LogP contribution in [0, 0.1) is 0 Å². The van der Waals surface area contributed by atoms with Crippen LogP contribution in [0.3, 0.4) is 0 Å². The van der Waals surface area contributed by atoms with Crippen molar-refractivity contribution in [2.75, 3.05) is 13.1 Å². The standard InChI is InChI=1S/C13H30N2S/c1-10(2)14(11(3)4)8-9-15(12(5)6)13(7)16/h10-13,16H,8-9H2,1-7H3/t13-/m0/s1. The molecular formula is C13H30N2S. The second-order valence-electron chi connectivity index (χ2n) is 5.39. The lowest BCUT2D eigenvalue weighted by Gasteiger charge is -2.36. The smallest absolute Gasteiger partial charge is 0.0502 e. The molecular weight excluding hydrogens is 216 g/mol. The van der Waals surface area contributed by atoms with E-state index in [0.717, 1.165) is 13.1 Å². The summed E-state index contributed by atoms with van der Waals surface area (Å²) in [5.41, 5.74) is 0. The molecule has 16 heavy (non-hydrogen) atoms. The van der Waals surface area contributed by atoms with Gasteiger partial charge in [-0.3, -0.25) is 9.80 Å². The molecule has 0 aliphatic heterocycles. The Balaban J connectivity index is 4.27. The summed E-state index contributed by atoms with van der Waals surface area (Å²) < 4.78 is 0. The fourth-order valence-corrected chi connectivity index (χ4v) is 2.60. The Hall–Kier alpha value is 0.270. The van der Waals surface area contributed by atoms with Crippen LogP contribution in [0.25, 0.3) is 0 Å². The molecule has 0 heterocycles. The SMILES string of the molecule is CC(C)N(CCN(C(C)C)[C@H](C)S)C(C)C. The van der Waals surface area contributed by atoms with E-state index in [1.165, 1.54) is 0 Å². The third-order valence-corrected chi connectivity index (χ3v) is 3.38. The van der Waals surface area contributed by atoms with E-state index in [1.54, 1.807) is 0 Å². The predicted molar refractivity (Wildman–Crippen MR) is 77.3 cm³/mol. The van der Waals surface area contributed by atoms with Gasteiger partial charge in [0.2, 0.25) is 0 Å².